The van der Waals surface area contributed by atoms with Crippen LogP contribution in [0.4, 0.5) is 5.69 Å². The number of phenolic OH excluding ortho intramolecular Hbond substituents is 1. The monoisotopic (exact) mass is 414 g/mol. The summed E-state index contributed by atoms with van der Waals surface area (Å²) in [7, 11) is -3.99. The average Bonchev–Trinajstić information content (AvgIpc) is 2.56. The molecule has 1 heterocycles. The van der Waals surface area contributed by atoms with Crippen LogP contribution in [0.5, 0.6) is 5.75 Å². The van der Waals surface area contributed by atoms with E-state index in [0.717, 1.165) is 11.1 Å². The molecule has 2 aromatic carbocycles. The number of amides is 1. The molecule has 3 rings (SSSR count). The maximum Gasteiger partial charge on any atom is 0.247 e. The van der Waals surface area contributed by atoms with Crippen molar-refractivity contribution < 1.29 is 18.3 Å². The molecule has 0 bridgehead atoms. The van der Waals surface area contributed by atoms with Gasteiger partial charge in [-0.3, -0.25) is 4.79 Å². The fourth-order valence-corrected chi connectivity index (χ4v) is 5.06. The summed E-state index contributed by atoms with van der Waals surface area (Å²) in [4.78, 5) is 10.9. The average molecular weight is 415 g/mol. The summed E-state index contributed by atoms with van der Waals surface area (Å²) in [6, 6.07) is 7.87. The van der Waals surface area contributed by atoms with Crippen LogP contribution in [-0.2, 0) is 27.8 Å². The van der Waals surface area contributed by atoms with Gasteiger partial charge in [0.15, 0.2) is 5.75 Å². The van der Waals surface area contributed by atoms with Gasteiger partial charge in [-0.1, -0.05) is 29.3 Å². The second-order valence-electron chi connectivity index (χ2n) is 5.99. The molecule has 1 aliphatic rings. The first-order valence-electron chi connectivity index (χ1n) is 7.76. The number of rotatable bonds is 3. The number of hydrogen-bond acceptors (Lipinski definition) is 4. The van der Waals surface area contributed by atoms with Crippen LogP contribution < -0.4 is 5.32 Å². The Morgan fingerprint density at radius 2 is 1.92 bits per heavy atom. The largest absolute Gasteiger partial charge is 0.505 e. The third-order valence-corrected chi connectivity index (χ3v) is 6.48. The molecular weight excluding hydrogens is 399 g/mol. The highest BCUT2D eigenvalue weighted by Gasteiger charge is 2.31. The molecular formula is C17H16Cl2N2O4S. The van der Waals surface area contributed by atoms with Crippen LogP contribution in [0.2, 0.25) is 10.0 Å². The zero-order valence-corrected chi connectivity index (χ0v) is 16.1. The van der Waals surface area contributed by atoms with E-state index in [1.54, 1.807) is 12.1 Å². The molecule has 0 aliphatic carbocycles. The van der Waals surface area contributed by atoms with Gasteiger partial charge in [0.25, 0.3) is 0 Å². The Hall–Kier alpha value is -1.80. The standard InChI is InChI=1S/C17H16Cl2N2O4S/c1-10(22)20-14-3-2-11-4-5-21(9-12(11)6-14)26(24,25)16-8-13(18)7-15(19)17(16)23/h2-3,6-8,23H,4-5,9H2,1H3,(H,20,22). The molecule has 0 atom stereocenters. The number of hydrogen-bond donors (Lipinski definition) is 2. The van der Waals surface area contributed by atoms with Crippen LogP contribution in [0.25, 0.3) is 0 Å². The minimum Gasteiger partial charge on any atom is -0.505 e. The summed E-state index contributed by atoms with van der Waals surface area (Å²) in [6.45, 7) is 1.79. The molecule has 0 radical (unpaired) electrons. The SMILES string of the molecule is CC(=O)Nc1ccc2c(c1)CN(S(=O)(=O)c1cc(Cl)cc(Cl)c1O)CC2. The van der Waals surface area contributed by atoms with Crippen molar-refractivity contribution in [3.63, 3.8) is 0 Å². The van der Waals surface area contributed by atoms with Crippen molar-refractivity contribution >= 4 is 44.8 Å². The summed E-state index contributed by atoms with van der Waals surface area (Å²) >= 11 is 11.8. The molecule has 0 fully saturated rings. The molecule has 138 valence electrons. The molecule has 0 unspecified atom stereocenters. The highest BCUT2D eigenvalue weighted by molar-refractivity contribution is 7.89. The highest BCUT2D eigenvalue weighted by atomic mass is 35.5. The highest BCUT2D eigenvalue weighted by Crippen LogP contribution is 2.37. The van der Waals surface area contributed by atoms with E-state index in [2.05, 4.69) is 5.32 Å². The molecule has 26 heavy (non-hydrogen) atoms. The van der Waals surface area contributed by atoms with Gasteiger partial charge in [-0.25, -0.2) is 8.42 Å². The maximum atomic E-state index is 13.0. The van der Waals surface area contributed by atoms with Crippen molar-refractivity contribution in [1.82, 2.24) is 4.31 Å². The van der Waals surface area contributed by atoms with Crippen molar-refractivity contribution in [2.45, 2.75) is 24.8 Å². The number of sulfonamides is 1. The van der Waals surface area contributed by atoms with Gasteiger partial charge in [-0.05, 0) is 41.8 Å². The fourth-order valence-electron chi connectivity index (χ4n) is 2.90. The van der Waals surface area contributed by atoms with E-state index >= 15 is 0 Å². The summed E-state index contributed by atoms with van der Waals surface area (Å²) < 4.78 is 27.2. The second-order valence-corrected chi connectivity index (χ2v) is 8.74. The molecule has 1 aliphatic heterocycles. The summed E-state index contributed by atoms with van der Waals surface area (Å²) in [5.74, 6) is -0.724. The van der Waals surface area contributed by atoms with Gasteiger partial charge in [0, 0.05) is 30.7 Å². The Bertz CT molecular complexity index is 992. The Morgan fingerprint density at radius 3 is 2.62 bits per heavy atom. The molecule has 0 aromatic heterocycles. The van der Waals surface area contributed by atoms with Crippen molar-refractivity contribution in [2.75, 3.05) is 11.9 Å². The van der Waals surface area contributed by atoms with Gasteiger partial charge in [0.05, 0.1) is 5.02 Å². The molecule has 6 nitrogen and oxygen atoms in total. The lowest BCUT2D eigenvalue weighted by atomic mass is 10.0. The predicted octanol–water partition coefficient (Wildman–Crippen LogP) is 3.40. The van der Waals surface area contributed by atoms with E-state index in [9.17, 15) is 18.3 Å². The van der Waals surface area contributed by atoms with E-state index in [-0.39, 0.29) is 33.9 Å². The van der Waals surface area contributed by atoms with Gasteiger partial charge in [-0.15, -0.1) is 0 Å². The summed E-state index contributed by atoms with van der Waals surface area (Å²) in [5, 5.41) is 12.8. The number of phenols is 1. The Morgan fingerprint density at radius 1 is 1.19 bits per heavy atom. The molecule has 2 N–H and O–H groups in total. The lowest BCUT2D eigenvalue weighted by Crippen LogP contribution is -2.36. The molecule has 0 saturated carbocycles. The zero-order chi connectivity index (χ0) is 19.1. The number of anilines is 1. The van der Waals surface area contributed by atoms with Crippen LogP contribution in [0.1, 0.15) is 18.1 Å². The van der Waals surface area contributed by atoms with Crippen LogP contribution in [0.3, 0.4) is 0 Å². The van der Waals surface area contributed by atoms with Gasteiger partial charge < -0.3 is 10.4 Å². The van der Waals surface area contributed by atoms with Crippen LogP contribution >= 0.6 is 23.2 Å². The minimum atomic E-state index is -3.99. The lowest BCUT2D eigenvalue weighted by Gasteiger charge is -2.28. The fraction of sp³-hybridized carbons (Fsp3) is 0.235. The third kappa shape index (κ3) is 3.66. The Labute approximate surface area is 161 Å². The van der Waals surface area contributed by atoms with Gasteiger partial charge in [-0.2, -0.15) is 4.31 Å². The predicted molar refractivity (Wildman–Crippen MR) is 100 cm³/mol. The zero-order valence-electron chi connectivity index (χ0n) is 13.8. The van der Waals surface area contributed by atoms with Gasteiger partial charge >= 0.3 is 0 Å². The lowest BCUT2D eigenvalue weighted by molar-refractivity contribution is -0.114. The number of benzene rings is 2. The molecule has 0 saturated heterocycles. The molecule has 2 aromatic rings. The first kappa shape index (κ1) is 19.0. The molecule has 1 amide bonds. The van der Waals surface area contributed by atoms with Crippen LogP contribution in [0.15, 0.2) is 35.2 Å². The summed E-state index contributed by atoms with van der Waals surface area (Å²) in [5.41, 5.74) is 2.40. The third-order valence-electron chi connectivity index (χ3n) is 4.11. The first-order chi connectivity index (χ1) is 12.2. The van der Waals surface area contributed by atoms with Crippen LogP contribution in [-0.4, -0.2) is 30.3 Å². The number of aromatic hydroxyl groups is 1. The van der Waals surface area contributed by atoms with E-state index < -0.39 is 15.8 Å². The maximum absolute atomic E-state index is 13.0. The minimum absolute atomic E-state index is 0.120. The number of fused-ring (bicyclic) bond motifs is 1. The van der Waals surface area contributed by atoms with E-state index in [1.165, 1.54) is 23.4 Å². The normalized spacial score (nSPS) is 14.7. The van der Waals surface area contributed by atoms with Crippen molar-refractivity contribution in [3.8, 4) is 5.75 Å². The van der Waals surface area contributed by atoms with Crippen molar-refractivity contribution in [1.29, 1.82) is 0 Å². The van der Waals surface area contributed by atoms with Gasteiger partial charge in [0.1, 0.15) is 4.90 Å². The first-order valence-corrected chi connectivity index (χ1v) is 9.95. The van der Waals surface area contributed by atoms with Crippen molar-refractivity contribution in [3.05, 3.63) is 51.5 Å². The second kappa shape index (κ2) is 7.08. The quantitative estimate of drug-likeness (QED) is 0.805. The van der Waals surface area contributed by atoms with Crippen molar-refractivity contribution in [2.24, 2.45) is 0 Å². The number of nitrogens with zero attached hydrogens (tertiary/aromatic N) is 1. The smallest absolute Gasteiger partial charge is 0.247 e. The number of carbonyl (C=O) groups excluding carboxylic acids is 1. The Kier molecular flexibility index (Phi) is 5.16. The van der Waals surface area contributed by atoms with Crippen LogP contribution in [0, 0.1) is 0 Å². The summed E-state index contributed by atoms with van der Waals surface area (Å²) in [6.07, 6.45) is 0.518. The van der Waals surface area contributed by atoms with Gasteiger partial charge in [0.2, 0.25) is 15.9 Å². The van der Waals surface area contributed by atoms with E-state index in [4.69, 9.17) is 23.2 Å². The number of nitrogens with one attached hydrogen (secondary N) is 1. The van der Waals surface area contributed by atoms with E-state index in [0.29, 0.717) is 12.1 Å². The molecule has 9 heteroatoms. The Balaban J connectivity index is 1.96. The topological polar surface area (TPSA) is 86.7 Å². The van der Waals surface area contributed by atoms with E-state index in [1.807, 2.05) is 6.07 Å². The molecule has 0 spiro atoms. The number of carbonyl (C=O) groups is 1. The number of halogens is 2.